The third kappa shape index (κ3) is 4.67. The Hall–Kier alpha value is -3.82. The minimum absolute atomic E-state index is 0.0938. The van der Waals surface area contributed by atoms with E-state index in [1.54, 1.807) is 18.2 Å². The molecule has 1 heterocycles. The van der Waals surface area contributed by atoms with Gasteiger partial charge in [-0.05, 0) is 31.2 Å². The summed E-state index contributed by atoms with van der Waals surface area (Å²) in [7, 11) is 0. The van der Waals surface area contributed by atoms with Crippen LogP contribution in [0.5, 0.6) is 17.2 Å². The molecule has 0 fully saturated rings. The Labute approximate surface area is 159 Å². The number of hydrogen-bond donors (Lipinski definition) is 1. The van der Waals surface area contributed by atoms with Crippen molar-refractivity contribution in [2.75, 3.05) is 18.7 Å². The smallest absolute Gasteiger partial charge is 0.344 e. The van der Waals surface area contributed by atoms with E-state index in [0.717, 1.165) is 0 Å². The van der Waals surface area contributed by atoms with Gasteiger partial charge in [0.1, 0.15) is 5.75 Å². The van der Waals surface area contributed by atoms with Crippen LogP contribution >= 0.6 is 0 Å². The standard InChI is InChI=1S/C18H16N2O8/c1-11(18(22)19-12-2-7-15-16(8-12)27-10-26-15)28-17(21)9-25-14-5-3-13(4-6-14)20(23)24/h2-8,11H,9-10H2,1H3,(H,19,22)/t11-/m1/s1. The molecule has 1 N–H and O–H groups in total. The summed E-state index contributed by atoms with van der Waals surface area (Å²) in [6.45, 7) is 1.10. The van der Waals surface area contributed by atoms with Gasteiger partial charge < -0.3 is 24.3 Å². The molecular weight excluding hydrogens is 372 g/mol. The largest absolute Gasteiger partial charge is 0.482 e. The number of anilines is 1. The summed E-state index contributed by atoms with van der Waals surface area (Å²) < 4.78 is 20.6. The van der Waals surface area contributed by atoms with E-state index in [9.17, 15) is 19.7 Å². The summed E-state index contributed by atoms with van der Waals surface area (Å²) in [5.41, 5.74) is 0.378. The Morgan fingerprint density at radius 2 is 1.89 bits per heavy atom. The van der Waals surface area contributed by atoms with E-state index in [0.29, 0.717) is 17.2 Å². The monoisotopic (exact) mass is 388 g/mol. The van der Waals surface area contributed by atoms with Crippen LogP contribution in [-0.2, 0) is 14.3 Å². The van der Waals surface area contributed by atoms with Gasteiger partial charge >= 0.3 is 5.97 Å². The lowest BCUT2D eigenvalue weighted by Gasteiger charge is -2.14. The average molecular weight is 388 g/mol. The molecule has 0 bridgehead atoms. The van der Waals surface area contributed by atoms with Crippen molar-refractivity contribution in [3.8, 4) is 17.2 Å². The Kier molecular flexibility index (Phi) is 5.58. The van der Waals surface area contributed by atoms with Gasteiger partial charge in [-0.1, -0.05) is 0 Å². The van der Waals surface area contributed by atoms with Gasteiger partial charge in [0.15, 0.2) is 24.2 Å². The molecular formula is C18H16N2O8. The summed E-state index contributed by atoms with van der Waals surface area (Å²) in [4.78, 5) is 34.0. The van der Waals surface area contributed by atoms with Gasteiger partial charge in [0.05, 0.1) is 4.92 Å². The SMILES string of the molecule is C[C@@H](OC(=O)COc1ccc([N+](=O)[O-])cc1)C(=O)Nc1ccc2c(c1)OCO2. The molecule has 1 amide bonds. The highest BCUT2D eigenvalue weighted by Gasteiger charge is 2.20. The molecule has 28 heavy (non-hydrogen) atoms. The van der Waals surface area contributed by atoms with Crippen molar-refractivity contribution in [3.63, 3.8) is 0 Å². The van der Waals surface area contributed by atoms with Gasteiger partial charge in [0.2, 0.25) is 6.79 Å². The molecule has 0 radical (unpaired) electrons. The molecule has 0 spiro atoms. The molecule has 0 aromatic heterocycles. The minimum atomic E-state index is -1.06. The van der Waals surface area contributed by atoms with E-state index < -0.39 is 29.5 Å². The van der Waals surface area contributed by atoms with Crippen LogP contribution < -0.4 is 19.5 Å². The zero-order chi connectivity index (χ0) is 20.1. The summed E-state index contributed by atoms with van der Waals surface area (Å²) >= 11 is 0. The normalized spacial score (nSPS) is 12.8. The van der Waals surface area contributed by atoms with Gasteiger partial charge in [-0.3, -0.25) is 14.9 Å². The Morgan fingerprint density at radius 3 is 2.61 bits per heavy atom. The number of nitrogens with one attached hydrogen (secondary N) is 1. The molecule has 0 unspecified atom stereocenters. The van der Waals surface area contributed by atoms with Gasteiger partial charge in [0, 0.05) is 23.9 Å². The number of amides is 1. The van der Waals surface area contributed by atoms with Crippen molar-refractivity contribution in [1.29, 1.82) is 0 Å². The zero-order valence-corrected chi connectivity index (χ0v) is 14.7. The lowest BCUT2D eigenvalue weighted by atomic mass is 10.2. The number of ether oxygens (including phenoxy) is 4. The van der Waals surface area contributed by atoms with Crippen LogP contribution in [0, 0.1) is 10.1 Å². The number of esters is 1. The number of carbonyl (C=O) groups is 2. The van der Waals surface area contributed by atoms with E-state index >= 15 is 0 Å². The van der Waals surface area contributed by atoms with E-state index in [1.807, 2.05) is 0 Å². The van der Waals surface area contributed by atoms with E-state index in [1.165, 1.54) is 31.2 Å². The number of non-ortho nitro benzene ring substituents is 1. The fourth-order valence-corrected chi connectivity index (χ4v) is 2.31. The highest BCUT2D eigenvalue weighted by molar-refractivity contribution is 5.95. The third-order valence-electron chi connectivity index (χ3n) is 3.72. The molecule has 146 valence electrons. The molecule has 3 rings (SSSR count). The van der Waals surface area contributed by atoms with Crippen LogP contribution in [0.3, 0.4) is 0 Å². The van der Waals surface area contributed by atoms with Crippen molar-refractivity contribution in [2.45, 2.75) is 13.0 Å². The summed E-state index contributed by atoms with van der Waals surface area (Å²) in [6.07, 6.45) is -1.06. The van der Waals surface area contributed by atoms with Gasteiger partial charge in [-0.25, -0.2) is 4.79 Å². The molecule has 1 atom stereocenters. The van der Waals surface area contributed by atoms with E-state index in [-0.39, 0.29) is 18.2 Å². The topological polar surface area (TPSA) is 126 Å². The van der Waals surface area contributed by atoms with Crippen molar-refractivity contribution < 1.29 is 33.5 Å². The highest BCUT2D eigenvalue weighted by atomic mass is 16.7. The number of fused-ring (bicyclic) bond motifs is 1. The molecule has 2 aromatic rings. The lowest BCUT2D eigenvalue weighted by Crippen LogP contribution is -2.31. The summed E-state index contributed by atoms with van der Waals surface area (Å²) in [6, 6.07) is 10.1. The summed E-state index contributed by atoms with van der Waals surface area (Å²) in [5, 5.41) is 13.2. The third-order valence-corrected chi connectivity index (χ3v) is 3.72. The average Bonchev–Trinajstić information content (AvgIpc) is 3.14. The number of nitro groups is 1. The number of nitrogens with zero attached hydrogens (tertiary/aromatic N) is 1. The van der Waals surface area contributed by atoms with Gasteiger partial charge in [0.25, 0.3) is 11.6 Å². The molecule has 0 saturated carbocycles. The molecule has 10 nitrogen and oxygen atoms in total. The van der Waals surface area contributed by atoms with Crippen LogP contribution in [0.1, 0.15) is 6.92 Å². The fraction of sp³-hybridized carbons (Fsp3) is 0.222. The molecule has 1 aliphatic rings. The van der Waals surface area contributed by atoms with Crippen molar-refractivity contribution in [2.24, 2.45) is 0 Å². The van der Waals surface area contributed by atoms with Crippen LogP contribution in [0.15, 0.2) is 42.5 Å². The number of benzene rings is 2. The number of rotatable bonds is 7. The number of nitro benzene ring substituents is 1. The Bertz CT molecular complexity index is 897. The van der Waals surface area contributed by atoms with E-state index in [4.69, 9.17) is 18.9 Å². The maximum absolute atomic E-state index is 12.2. The lowest BCUT2D eigenvalue weighted by molar-refractivity contribution is -0.384. The first-order chi connectivity index (χ1) is 13.4. The Balaban J connectivity index is 1.46. The molecule has 0 aliphatic carbocycles. The molecule has 2 aromatic carbocycles. The maximum atomic E-state index is 12.2. The first-order valence-corrected chi connectivity index (χ1v) is 8.19. The Morgan fingerprint density at radius 1 is 1.18 bits per heavy atom. The van der Waals surface area contributed by atoms with Gasteiger partial charge in [-0.2, -0.15) is 0 Å². The van der Waals surface area contributed by atoms with Crippen LogP contribution in [0.2, 0.25) is 0 Å². The van der Waals surface area contributed by atoms with E-state index in [2.05, 4.69) is 5.32 Å². The predicted octanol–water partition coefficient (Wildman–Crippen LogP) is 2.27. The molecule has 10 heteroatoms. The van der Waals surface area contributed by atoms with Crippen LogP contribution in [-0.4, -0.2) is 36.3 Å². The predicted molar refractivity (Wildman–Crippen MR) is 95.3 cm³/mol. The fourth-order valence-electron chi connectivity index (χ4n) is 2.31. The maximum Gasteiger partial charge on any atom is 0.344 e. The molecule has 1 aliphatic heterocycles. The number of hydrogen-bond acceptors (Lipinski definition) is 8. The molecule has 0 saturated heterocycles. The number of carbonyl (C=O) groups excluding carboxylic acids is 2. The van der Waals surface area contributed by atoms with Crippen molar-refractivity contribution in [3.05, 3.63) is 52.6 Å². The summed E-state index contributed by atoms with van der Waals surface area (Å²) in [5.74, 6) is 0.0778. The van der Waals surface area contributed by atoms with Gasteiger partial charge in [-0.15, -0.1) is 0 Å². The zero-order valence-electron chi connectivity index (χ0n) is 14.7. The first-order valence-electron chi connectivity index (χ1n) is 8.19. The van der Waals surface area contributed by atoms with Crippen molar-refractivity contribution in [1.82, 2.24) is 0 Å². The second-order valence-electron chi connectivity index (χ2n) is 5.73. The van der Waals surface area contributed by atoms with Crippen molar-refractivity contribution >= 4 is 23.3 Å². The quantitative estimate of drug-likeness (QED) is 0.435. The minimum Gasteiger partial charge on any atom is -0.482 e. The van der Waals surface area contributed by atoms with Crippen LogP contribution in [0.4, 0.5) is 11.4 Å². The first kappa shape index (κ1) is 19.0. The van der Waals surface area contributed by atoms with Crippen LogP contribution in [0.25, 0.3) is 0 Å². The second kappa shape index (κ2) is 8.25. The highest BCUT2D eigenvalue weighted by Crippen LogP contribution is 2.34. The second-order valence-corrected chi connectivity index (χ2v) is 5.73.